The molecule has 0 aliphatic carbocycles. The van der Waals surface area contributed by atoms with Gasteiger partial charge in [0.15, 0.2) is 0 Å². The fraction of sp³-hybridized carbons (Fsp3) is 0.333. The minimum Gasteiger partial charge on any atom is -0.392 e. The van der Waals surface area contributed by atoms with Gasteiger partial charge in [-0.25, -0.2) is 0 Å². The number of hydrogen-bond donors (Lipinski definition) is 0. The maximum absolute atomic E-state index is 5.46. The first kappa shape index (κ1) is 11.2. The first-order chi connectivity index (χ1) is 8.86. The van der Waals surface area contributed by atoms with Crippen LogP contribution in [0.4, 0.5) is 0 Å². The number of benzene rings is 1. The summed E-state index contributed by atoms with van der Waals surface area (Å²) in [6, 6.07) is 10.4. The number of pyridine rings is 1. The molecule has 1 aromatic carbocycles. The summed E-state index contributed by atoms with van der Waals surface area (Å²) in [7, 11) is 0. The molecule has 0 N–H and O–H groups in total. The van der Waals surface area contributed by atoms with E-state index in [0.717, 1.165) is 30.7 Å². The van der Waals surface area contributed by atoms with Gasteiger partial charge in [0.25, 0.3) is 0 Å². The highest BCUT2D eigenvalue weighted by Gasteiger charge is 2.21. The van der Waals surface area contributed by atoms with Gasteiger partial charge in [-0.05, 0) is 17.9 Å². The Bertz CT molecular complexity index is 587. The Kier molecular flexibility index (Phi) is 2.97. The summed E-state index contributed by atoms with van der Waals surface area (Å²) in [6.45, 7) is 2.11. The van der Waals surface area contributed by atoms with E-state index in [1.54, 1.807) is 0 Å². The SMILES string of the molecule is CCC1=NOC(Cc2nccc3ccccc23)C1. The molecule has 3 heteroatoms. The van der Waals surface area contributed by atoms with Gasteiger partial charge in [0, 0.05) is 24.4 Å². The summed E-state index contributed by atoms with van der Waals surface area (Å²) in [6.07, 6.45) is 4.75. The van der Waals surface area contributed by atoms with Crippen molar-refractivity contribution in [1.82, 2.24) is 4.98 Å². The predicted octanol–water partition coefficient (Wildman–Crippen LogP) is 3.33. The molecule has 1 aliphatic rings. The lowest BCUT2D eigenvalue weighted by Gasteiger charge is -2.09. The zero-order valence-electron chi connectivity index (χ0n) is 10.5. The molecule has 18 heavy (non-hydrogen) atoms. The zero-order chi connectivity index (χ0) is 12.4. The van der Waals surface area contributed by atoms with Crippen molar-refractivity contribution in [3.8, 4) is 0 Å². The van der Waals surface area contributed by atoms with Gasteiger partial charge in [-0.2, -0.15) is 0 Å². The average Bonchev–Trinajstić information content (AvgIpc) is 2.87. The largest absolute Gasteiger partial charge is 0.392 e. The van der Waals surface area contributed by atoms with Crippen molar-refractivity contribution in [3.05, 3.63) is 42.2 Å². The minimum absolute atomic E-state index is 0.151. The van der Waals surface area contributed by atoms with E-state index in [-0.39, 0.29) is 6.10 Å². The molecule has 0 fully saturated rings. The smallest absolute Gasteiger partial charge is 0.138 e. The molecule has 1 unspecified atom stereocenters. The van der Waals surface area contributed by atoms with Crippen LogP contribution in [0.15, 0.2) is 41.7 Å². The molecular formula is C15H16N2O. The number of hydrogen-bond acceptors (Lipinski definition) is 3. The molecule has 0 saturated carbocycles. The molecule has 0 saturated heterocycles. The number of fused-ring (bicyclic) bond motifs is 1. The van der Waals surface area contributed by atoms with Gasteiger partial charge in [-0.1, -0.05) is 36.3 Å². The lowest BCUT2D eigenvalue weighted by atomic mass is 10.0. The maximum atomic E-state index is 5.46. The quantitative estimate of drug-likeness (QED) is 0.824. The van der Waals surface area contributed by atoms with Crippen molar-refractivity contribution in [1.29, 1.82) is 0 Å². The van der Waals surface area contributed by atoms with Crippen LogP contribution >= 0.6 is 0 Å². The van der Waals surface area contributed by atoms with Gasteiger partial charge in [0.05, 0.1) is 11.4 Å². The number of oxime groups is 1. The van der Waals surface area contributed by atoms with E-state index in [1.807, 2.05) is 12.3 Å². The summed E-state index contributed by atoms with van der Waals surface area (Å²) in [5.74, 6) is 0. The third-order valence-corrected chi connectivity index (χ3v) is 3.38. The molecule has 1 aromatic heterocycles. The molecule has 3 rings (SSSR count). The van der Waals surface area contributed by atoms with E-state index in [2.05, 4.69) is 41.3 Å². The molecule has 92 valence electrons. The Labute approximate surface area is 106 Å². The molecule has 0 bridgehead atoms. The molecule has 0 amide bonds. The van der Waals surface area contributed by atoms with Crippen molar-refractivity contribution in [2.45, 2.75) is 32.3 Å². The second-order valence-electron chi connectivity index (χ2n) is 4.63. The lowest BCUT2D eigenvalue weighted by Crippen LogP contribution is -2.12. The van der Waals surface area contributed by atoms with E-state index in [4.69, 9.17) is 4.84 Å². The standard InChI is InChI=1S/C15H16N2O/c1-2-12-9-13(18-17-12)10-15-14-6-4-3-5-11(14)7-8-16-15/h3-8,13H,2,9-10H2,1H3. The van der Waals surface area contributed by atoms with Crippen LogP contribution in [0.2, 0.25) is 0 Å². The second-order valence-corrected chi connectivity index (χ2v) is 4.63. The highest BCUT2D eigenvalue weighted by molar-refractivity contribution is 5.86. The molecule has 3 nitrogen and oxygen atoms in total. The van der Waals surface area contributed by atoms with E-state index >= 15 is 0 Å². The molecule has 0 spiro atoms. The third kappa shape index (κ3) is 2.08. The Balaban J connectivity index is 1.83. The Morgan fingerprint density at radius 1 is 1.28 bits per heavy atom. The van der Waals surface area contributed by atoms with Gasteiger partial charge >= 0.3 is 0 Å². The van der Waals surface area contributed by atoms with Gasteiger partial charge in [-0.3, -0.25) is 4.98 Å². The van der Waals surface area contributed by atoms with Gasteiger partial charge in [-0.15, -0.1) is 0 Å². The summed E-state index contributed by atoms with van der Waals surface area (Å²) in [5, 5.41) is 6.55. The van der Waals surface area contributed by atoms with Crippen molar-refractivity contribution >= 4 is 16.5 Å². The van der Waals surface area contributed by atoms with E-state index < -0.39 is 0 Å². The average molecular weight is 240 g/mol. The van der Waals surface area contributed by atoms with Crippen LogP contribution in [0.3, 0.4) is 0 Å². The Morgan fingerprint density at radius 2 is 2.17 bits per heavy atom. The van der Waals surface area contributed by atoms with Crippen LogP contribution < -0.4 is 0 Å². The van der Waals surface area contributed by atoms with Crippen molar-refractivity contribution in [3.63, 3.8) is 0 Å². The van der Waals surface area contributed by atoms with Crippen molar-refractivity contribution < 1.29 is 4.84 Å². The third-order valence-electron chi connectivity index (χ3n) is 3.38. The van der Waals surface area contributed by atoms with Gasteiger partial charge in [0.2, 0.25) is 0 Å². The van der Waals surface area contributed by atoms with Gasteiger partial charge in [0.1, 0.15) is 6.10 Å². The Morgan fingerprint density at radius 3 is 3.00 bits per heavy atom. The van der Waals surface area contributed by atoms with E-state index in [1.165, 1.54) is 10.8 Å². The van der Waals surface area contributed by atoms with Crippen LogP contribution in [0.5, 0.6) is 0 Å². The maximum Gasteiger partial charge on any atom is 0.138 e. The van der Waals surface area contributed by atoms with Crippen molar-refractivity contribution in [2.75, 3.05) is 0 Å². The van der Waals surface area contributed by atoms with Crippen LogP contribution in [0.1, 0.15) is 25.5 Å². The van der Waals surface area contributed by atoms with E-state index in [0.29, 0.717) is 0 Å². The number of rotatable bonds is 3. The fourth-order valence-corrected chi connectivity index (χ4v) is 2.37. The summed E-state index contributed by atoms with van der Waals surface area (Å²) in [4.78, 5) is 9.95. The molecule has 2 heterocycles. The molecule has 2 aromatic rings. The lowest BCUT2D eigenvalue weighted by molar-refractivity contribution is 0.0854. The van der Waals surface area contributed by atoms with E-state index in [9.17, 15) is 0 Å². The number of nitrogens with zero attached hydrogens (tertiary/aromatic N) is 2. The zero-order valence-corrected chi connectivity index (χ0v) is 10.5. The molecule has 1 aliphatic heterocycles. The fourth-order valence-electron chi connectivity index (χ4n) is 2.37. The summed E-state index contributed by atoms with van der Waals surface area (Å²) < 4.78 is 0. The molecular weight excluding hydrogens is 224 g/mol. The first-order valence-corrected chi connectivity index (χ1v) is 6.41. The van der Waals surface area contributed by atoms with Gasteiger partial charge < -0.3 is 4.84 Å². The Hall–Kier alpha value is -1.90. The van der Waals surface area contributed by atoms with Crippen LogP contribution in [0.25, 0.3) is 10.8 Å². The highest BCUT2D eigenvalue weighted by Crippen LogP contribution is 2.21. The molecule has 1 atom stereocenters. The molecule has 0 radical (unpaired) electrons. The van der Waals surface area contributed by atoms with Crippen molar-refractivity contribution in [2.24, 2.45) is 5.16 Å². The van der Waals surface area contributed by atoms with Crippen LogP contribution in [-0.4, -0.2) is 16.8 Å². The normalized spacial score (nSPS) is 18.7. The summed E-state index contributed by atoms with van der Waals surface area (Å²) >= 11 is 0. The summed E-state index contributed by atoms with van der Waals surface area (Å²) in [5.41, 5.74) is 2.26. The minimum atomic E-state index is 0.151. The van der Waals surface area contributed by atoms with Crippen LogP contribution in [0, 0.1) is 0 Å². The topological polar surface area (TPSA) is 34.5 Å². The van der Waals surface area contributed by atoms with Crippen LogP contribution in [-0.2, 0) is 11.3 Å². The number of aromatic nitrogens is 1. The second kappa shape index (κ2) is 4.77. The first-order valence-electron chi connectivity index (χ1n) is 6.41. The predicted molar refractivity (Wildman–Crippen MR) is 72.7 cm³/mol. The monoisotopic (exact) mass is 240 g/mol. The highest BCUT2D eigenvalue weighted by atomic mass is 16.6.